The first-order chi connectivity index (χ1) is 9.69. The normalized spacial score (nSPS) is 12.1. The topological polar surface area (TPSA) is 55.1 Å². The molecule has 106 valence electrons. The minimum Gasteiger partial charge on any atom is -0.360 e. The fraction of sp³-hybridized carbons (Fsp3) is 0.333. The summed E-state index contributed by atoms with van der Waals surface area (Å²) < 4.78 is 5.18. The van der Waals surface area contributed by atoms with Crippen molar-refractivity contribution in [2.24, 2.45) is 0 Å². The lowest BCUT2D eigenvalue weighted by Gasteiger charge is -2.14. The zero-order chi connectivity index (χ0) is 14.4. The molecule has 0 radical (unpaired) electrons. The van der Waals surface area contributed by atoms with Crippen LogP contribution in [0.2, 0.25) is 0 Å². The van der Waals surface area contributed by atoms with Crippen molar-refractivity contribution in [2.75, 3.05) is 7.05 Å². The Morgan fingerprint density at radius 2 is 2.15 bits per heavy atom. The van der Waals surface area contributed by atoms with Crippen molar-refractivity contribution in [1.29, 1.82) is 0 Å². The minimum absolute atomic E-state index is 0.0371. The Bertz CT molecular complexity index is 554. The van der Waals surface area contributed by atoms with Gasteiger partial charge in [-0.15, -0.1) is 11.8 Å². The molecule has 2 aromatic rings. The maximum Gasteiger partial charge on any atom is 0.233 e. The van der Waals surface area contributed by atoms with Crippen LogP contribution in [0.3, 0.4) is 0 Å². The number of amides is 1. The van der Waals surface area contributed by atoms with E-state index in [1.807, 2.05) is 43.3 Å². The number of thioether (sulfide) groups is 1. The molecule has 1 aromatic heterocycles. The predicted molar refractivity (Wildman–Crippen MR) is 80.5 cm³/mol. The molecule has 0 aliphatic rings. The largest absolute Gasteiger partial charge is 0.360 e. The van der Waals surface area contributed by atoms with Crippen molar-refractivity contribution in [2.45, 2.75) is 24.3 Å². The van der Waals surface area contributed by atoms with Gasteiger partial charge in [-0.25, -0.2) is 0 Å². The van der Waals surface area contributed by atoms with E-state index in [2.05, 4.69) is 10.5 Å². The zero-order valence-corrected chi connectivity index (χ0v) is 12.4. The first-order valence-electron chi connectivity index (χ1n) is 6.48. The number of rotatable bonds is 6. The molecule has 0 aliphatic carbocycles. The Kier molecular flexibility index (Phi) is 5.24. The van der Waals surface area contributed by atoms with E-state index in [9.17, 15) is 4.79 Å². The molecule has 4 nitrogen and oxygen atoms in total. The average Bonchev–Trinajstić information content (AvgIpc) is 2.89. The number of carbonyl (C=O) groups is 1. The molecule has 0 unspecified atom stereocenters. The Morgan fingerprint density at radius 1 is 1.40 bits per heavy atom. The van der Waals surface area contributed by atoms with Gasteiger partial charge in [-0.05, 0) is 18.9 Å². The number of hydrogen-bond acceptors (Lipinski definition) is 4. The second-order valence-electron chi connectivity index (χ2n) is 4.54. The fourth-order valence-corrected chi connectivity index (χ4v) is 2.96. The van der Waals surface area contributed by atoms with Crippen LogP contribution in [0.15, 0.2) is 40.9 Å². The third kappa shape index (κ3) is 4.13. The Labute approximate surface area is 122 Å². The number of aromatic nitrogens is 1. The fourth-order valence-electron chi connectivity index (χ4n) is 1.88. The summed E-state index contributed by atoms with van der Waals surface area (Å²) in [5, 5.41) is 6.44. The van der Waals surface area contributed by atoms with E-state index in [4.69, 9.17) is 4.52 Å². The van der Waals surface area contributed by atoms with Crippen molar-refractivity contribution >= 4 is 17.7 Å². The third-order valence-corrected chi connectivity index (χ3v) is 4.14. The molecule has 1 atom stereocenters. The molecule has 0 saturated heterocycles. The van der Waals surface area contributed by atoms with Gasteiger partial charge >= 0.3 is 0 Å². The summed E-state index contributed by atoms with van der Waals surface area (Å²) in [7, 11) is 1.67. The minimum atomic E-state index is -0.132. The first-order valence-corrected chi connectivity index (χ1v) is 7.53. The summed E-state index contributed by atoms with van der Waals surface area (Å²) >= 11 is 1.57. The summed E-state index contributed by atoms with van der Waals surface area (Å²) in [6, 6.07) is 11.9. The van der Waals surface area contributed by atoms with Crippen LogP contribution in [0.1, 0.15) is 17.0 Å². The van der Waals surface area contributed by atoms with Gasteiger partial charge in [0.15, 0.2) is 0 Å². The highest BCUT2D eigenvalue weighted by Crippen LogP contribution is 2.22. The van der Waals surface area contributed by atoms with Gasteiger partial charge < -0.3 is 9.84 Å². The van der Waals surface area contributed by atoms with E-state index < -0.39 is 0 Å². The van der Waals surface area contributed by atoms with Gasteiger partial charge in [0.25, 0.3) is 0 Å². The van der Waals surface area contributed by atoms with Crippen molar-refractivity contribution < 1.29 is 9.32 Å². The van der Waals surface area contributed by atoms with Gasteiger partial charge in [-0.2, -0.15) is 0 Å². The predicted octanol–water partition coefficient (Wildman–Crippen LogP) is 2.57. The van der Waals surface area contributed by atoms with Crippen molar-refractivity contribution in [1.82, 2.24) is 10.5 Å². The lowest BCUT2D eigenvalue weighted by molar-refractivity contribution is -0.120. The van der Waals surface area contributed by atoms with E-state index in [0.717, 1.165) is 17.0 Å². The summed E-state index contributed by atoms with van der Waals surface area (Å²) in [6.45, 7) is 1.89. The van der Waals surface area contributed by atoms with Gasteiger partial charge in [-0.3, -0.25) is 4.79 Å². The number of benzene rings is 1. The van der Waals surface area contributed by atoms with E-state index in [1.54, 1.807) is 18.8 Å². The molecule has 0 saturated carbocycles. The molecule has 1 aromatic carbocycles. The molecule has 0 bridgehead atoms. The van der Waals surface area contributed by atoms with Gasteiger partial charge in [0.2, 0.25) is 5.91 Å². The van der Waals surface area contributed by atoms with Crippen LogP contribution in [0.5, 0.6) is 0 Å². The van der Waals surface area contributed by atoms with E-state index >= 15 is 0 Å². The van der Waals surface area contributed by atoms with Crippen LogP contribution in [-0.4, -0.2) is 23.4 Å². The second-order valence-corrected chi connectivity index (χ2v) is 5.73. The number of aryl methyl sites for hydroxylation is 1. The number of hydrogen-bond donors (Lipinski definition) is 1. The van der Waals surface area contributed by atoms with E-state index in [1.165, 1.54) is 0 Å². The highest BCUT2D eigenvalue weighted by atomic mass is 32.2. The molecule has 2 rings (SSSR count). The zero-order valence-electron chi connectivity index (χ0n) is 11.6. The van der Waals surface area contributed by atoms with Crippen LogP contribution < -0.4 is 5.32 Å². The van der Waals surface area contributed by atoms with E-state index in [0.29, 0.717) is 12.2 Å². The summed E-state index contributed by atoms with van der Waals surface area (Å²) in [5.41, 5.74) is 2.02. The highest BCUT2D eigenvalue weighted by Gasteiger charge is 2.19. The molecular weight excluding hydrogens is 272 g/mol. The smallest absolute Gasteiger partial charge is 0.233 e. The van der Waals surface area contributed by atoms with Crippen LogP contribution in [-0.2, 0) is 17.0 Å². The standard InChI is InChI=1S/C15H18N2O2S/c1-11-8-13(19-17-11)10-20-14(15(18)16-2)9-12-6-4-3-5-7-12/h3-8,14H,9-10H2,1-2H3,(H,16,18)/t14-/m1/s1. The van der Waals surface area contributed by atoms with Gasteiger partial charge in [0.1, 0.15) is 5.76 Å². The number of nitrogens with zero attached hydrogens (tertiary/aromatic N) is 1. The van der Waals surface area contributed by atoms with Gasteiger partial charge in [0, 0.05) is 13.1 Å². The van der Waals surface area contributed by atoms with Crippen molar-refractivity contribution in [3.8, 4) is 0 Å². The second kappa shape index (κ2) is 7.14. The van der Waals surface area contributed by atoms with Gasteiger partial charge in [-0.1, -0.05) is 35.5 Å². The quantitative estimate of drug-likeness (QED) is 0.888. The maximum absolute atomic E-state index is 12.0. The van der Waals surface area contributed by atoms with Crippen molar-refractivity contribution in [3.63, 3.8) is 0 Å². The number of nitrogens with one attached hydrogen (secondary N) is 1. The third-order valence-electron chi connectivity index (χ3n) is 2.91. The lowest BCUT2D eigenvalue weighted by Crippen LogP contribution is -2.31. The Morgan fingerprint density at radius 3 is 2.75 bits per heavy atom. The average molecular weight is 290 g/mol. The van der Waals surface area contributed by atoms with Crippen LogP contribution >= 0.6 is 11.8 Å². The monoisotopic (exact) mass is 290 g/mol. The molecule has 5 heteroatoms. The van der Waals surface area contributed by atoms with Crippen LogP contribution in [0.4, 0.5) is 0 Å². The Balaban J connectivity index is 1.98. The molecule has 1 N–H and O–H groups in total. The molecule has 1 heterocycles. The molecule has 0 fully saturated rings. The summed E-state index contributed by atoms with van der Waals surface area (Å²) in [5.74, 6) is 1.48. The summed E-state index contributed by atoms with van der Waals surface area (Å²) in [6.07, 6.45) is 0.707. The molecule has 0 spiro atoms. The lowest BCUT2D eigenvalue weighted by atomic mass is 10.1. The SMILES string of the molecule is CNC(=O)[C@@H](Cc1ccccc1)SCc1cc(C)no1. The molecule has 1 amide bonds. The number of carbonyl (C=O) groups excluding carboxylic acids is 1. The van der Waals surface area contributed by atoms with Crippen LogP contribution in [0.25, 0.3) is 0 Å². The molecule has 20 heavy (non-hydrogen) atoms. The molecular formula is C15H18N2O2S. The molecule has 0 aliphatic heterocycles. The first kappa shape index (κ1) is 14.7. The van der Waals surface area contributed by atoms with Gasteiger partial charge in [0.05, 0.1) is 16.7 Å². The Hall–Kier alpha value is -1.75. The van der Waals surface area contributed by atoms with E-state index in [-0.39, 0.29) is 11.2 Å². The maximum atomic E-state index is 12.0. The van der Waals surface area contributed by atoms with Crippen LogP contribution in [0, 0.1) is 6.92 Å². The van der Waals surface area contributed by atoms with Crippen molar-refractivity contribution in [3.05, 3.63) is 53.4 Å². The summed E-state index contributed by atoms with van der Waals surface area (Å²) in [4.78, 5) is 12.0. The highest BCUT2D eigenvalue weighted by molar-refractivity contribution is 7.99.